The van der Waals surface area contributed by atoms with Crippen LogP contribution in [-0.2, 0) is 13.7 Å². The van der Waals surface area contributed by atoms with Crippen molar-refractivity contribution in [2.45, 2.75) is 32.9 Å². The molecule has 0 saturated carbocycles. The topological polar surface area (TPSA) is 39.1 Å². The van der Waals surface area contributed by atoms with Gasteiger partial charge in [-0.3, -0.25) is 4.68 Å². The minimum absolute atomic E-state index is 0.120. The van der Waals surface area contributed by atoms with E-state index >= 15 is 0 Å². The molecule has 2 rings (SSSR count). The van der Waals surface area contributed by atoms with Gasteiger partial charge in [-0.25, -0.2) is 4.39 Å². The molecule has 0 saturated heterocycles. The fourth-order valence-electron chi connectivity index (χ4n) is 2.17. The van der Waals surface area contributed by atoms with Gasteiger partial charge in [0.2, 0.25) is 0 Å². The molecule has 0 aliphatic carbocycles. The molecule has 4 nitrogen and oxygen atoms in total. The molecule has 1 heterocycles. The normalized spacial score (nSPS) is 12.4. The Morgan fingerprint density at radius 3 is 2.90 bits per heavy atom. The monoisotopic (exact) mass is 291 g/mol. The van der Waals surface area contributed by atoms with Crippen LogP contribution in [0.25, 0.3) is 0 Å². The summed E-state index contributed by atoms with van der Waals surface area (Å²) in [5.74, 6) is 0.289. The first-order valence-electron chi connectivity index (χ1n) is 7.23. The Hall–Kier alpha value is -1.88. The van der Waals surface area contributed by atoms with Crippen LogP contribution in [-0.4, -0.2) is 16.3 Å². The fraction of sp³-hybridized carbons (Fsp3) is 0.438. The Morgan fingerprint density at radius 1 is 1.43 bits per heavy atom. The summed E-state index contributed by atoms with van der Waals surface area (Å²) in [4.78, 5) is 0. The molecule has 0 amide bonds. The van der Waals surface area contributed by atoms with Gasteiger partial charge >= 0.3 is 0 Å². The molecular formula is C16H22FN3O. The fourth-order valence-corrected chi connectivity index (χ4v) is 2.17. The molecule has 1 unspecified atom stereocenters. The number of ether oxygens (including phenoxy) is 1. The van der Waals surface area contributed by atoms with E-state index in [9.17, 15) is 4.39 Å². The SMILES string of the molecule is CCCNC(C)c1ccc(F)cc1OCc1cnn(C)c1. The predicted molar refractivity (Wildman–Crippen MR) is 80.6 cm³/mol. The van der Waals surface area contributed by atoms with E-state index in [1.807, 2.05) is 13.2 Å². The number of hydrogen-bond acceptors (Lipinski definition) is 3. The summed E-state index contributed by atoms with van der Waals surface area (Å²) in [5, 5.41) is 7.49. The van der Waals surface area contributed by atoms with Crippen LogP contribution in [0, 0.1) is 5.82 Å². The maximum absolute atomic E-state index is 13.5. The van der Waals surface area contributed by atoms with E-state index < -0.39 is 0 Å². The Labute approximate surface area is 124 Å². The summed E-state index contributed by atoms with van der Waals surface area (Å²) in [7, 11) is 1.86. The highest BCUT2D eigenvalue weighted by molar-refractivity contribution is 5.36. The highest BCUT2D eigenvalue weighted by atomic mass is 19.1. The summed E-state index contributed by atoms with van der Waals surface area (Å²) in [5.41, 5.74) is 1.93. The molecule has 0 aliphatic heterocycles. The van der Waals surface area contributed by atoms with Gasteiger partial charge in [-0.2, -0.15) is 5.10 Å². The quantitative estimate of drug-likeness (QED) is 0.851. The third-order valence-corrected chi connectivity index (χ3v) is 3.30. The van der Waals surface area contributed by atoms with Crippen molar-refractivity contribution in [1.29, 1.82) is 0 Å². The van der Waals surface area contributed by atoms with E-state index in [2.05, 4.69) is 24.3 Å². The first-order valence-corrected chi connectivity index (χ1v) is 7.23. The number of aromatic nitrogens is 2. The zero-order valence-electron chi connectivity index (χ0n) is 12.8. The van der Waals surface area contributed by atoms with E-state index in [4.69, 9.17) is 4.74 Å². The van der Waals surface area contributed by atoms with Gasteiger partial charge in [0.1, 0.15) is 18.2 Å². The second-order valence-electron chi connectivity index (χ2n) is 5.17. The zero-order chi connectivity index (χ0) is 15.2. The average Bonchev–Trinajstić information content (AvgIpc) is 2.88. The lowest BCUT2D eigenvalue weighted by Crippen LogP contribution is -2.20. The highest BCUT2D eigenvalue weighted by Gasteiger charge is 2.12. The van der Waals surface area contributed by atoms with Crippen molar-refractivity contribution in [3.8, 4) is 5.75 Å². The minimum atomic E-state index is -0.289. The lowest BCUT2D eigenvalue weighted by Gasteiger charge is -2.18. The summed E-state index contributed by atoms with van der Waals surface area (Å²) in [6.07, 6.45) is 4.69. The van der Waals surface area contributed by atoms with Gasteiger partial charge < -0.3 is 10.1 Å². The molecule has 1 aromatic heterocycles. The third-order valence-electron chi connectivity index (χ3n) is 3.30. The van der Waals surface area contributed by atoms with E-state index in [1.165, 1.54) is 12.1 Å². The van der Waals surface area contributed by atoms with E-state index in [1.54, 1.807) is 16.9 Å². The van der Waals surface area contributed by atoms with Crippen molar-refractivity contribution in [3.63, 3.8) is 0 Å². The van der Waals surface area contributed by atoms with Crippen LogP contribution in [0.15, 0.2) is 30.6 Å². The molecule has 1 aromatic carbocycles. The molecule has 0 spiro atoms. The second kappa shape index (κ2) is 7.22. The molecule has 0 bridgehead atoms. The molecule has 114 valence electrons. The number of hydrogen-bond donors (Lipinski definition) is 1. The Kier molecular flexibility index (Phi) is 5.33. The third kappa shape index (κ3) is 4.29. The Balaban J connectivity index is 2.10. The van der Waals surface area contributed by atoms with Crippen LogP contribution in [0.2, 0.25) is 0 Å². The second-order valence-corrected chi connectivity index (χ2v) is 5.17. The molecule has 2 aromatic rings. The van der Waals surface area contributed by atoms with Crippen molar-refractivity contribution in [2.24, 2.45) is 7.05 Å². The van der Waals surface area contributed by atoms with Gasteiger partial charge in [0.15, 0.2) is 0 Å². The van der Waals surface area contributed by atoms with E-state index in [-0.39, 0.29) is 11.9 Å². The van der Waals surface area contributed by atoms with Gasteiger partial charge in [-0.05, 0) is 26.0 Å². The van der Waals surface area contributed by atoms with Crippen molar-refractivity contribution >= 4 is 0 Å². The van der Waals surface area contributed by atoms with Crippen LogP contribution < -0.4 is 10.1 Å². The molecule has 0 aliphatic rings. The lowest BCUT2D eigenvalue weighted by molar-refractivity contribution is 0.298. The summed E-state index contributed by atoms with van der Waals surface area (Å²) < 4.78 is 21.0. The molecule has 0 radical (unpaired) electrons. The van der Waals surface area contributed by atoms with E-state index in [0.29, 0.717) is 12.4 Å². The van der Waals surface area contributed by atoms with Crippen molar-refractivity contribution in [1.82, 2.24) is 15.1 Å². The number of nitrogens with zero attached hydrogens (tertiary/aromatic N) is 2. The molecule has 1 atom stereocenters. The van der Waals surface area contributed by atoms with Crippen LogP contribution in [0.3, 0.4) is 0 Å². The number of nitrogens with one attached hydrogen (secondary N) is 1. The Morgan fingerprint density at radius 2 is 2.24 bits per heavy atom. The number of rotatable bonds is 7. The minimum Gasteiger partial charge on any atom is -0.488 e. The molecular weight excluding hydrogens is 269 g/mol. The van der Waals surface area contributed by atoms with Gasteiger partial charge in [0, 0.05) is 36.5 Å². The average molecular weight is 291 g/mol. The van der Waals surface area contributed by atoms with Gasteiger partial charge in [0.05, 0.1) is 6.20 Å². The predicted octanol–water partition coefficient (Wildman–Crippen LogP) is 3.20. The zero-order valence-corrected chi connectivity index (χ0v) is 12.8. The standard InChI is InChI=1S/C16H22FN3O/c1-4-7-18-12(2)15-6-5-14(17)8-16(15)21-11-13-9-19-20(3)10-13/h5-6,8-10,12,18H,4,7,11H2,1-3H3. The van der Waals surface area contributed by atoms with Crippen LogP contribution in [0.4, 0.5) is 4.39 Å². The molecule has 1 N–H and O–H groups in total. The number of benzene rings is 1. The van der Waals surface area contributed by atoms with Crippen molar-refractivity contribution in [2.75, 3.05) is 6.54 Å². The van der Waals surface area contributed by atoms with Gasteiger partial charge in [0.25, 0.3) is 0 Å². The van der Waals surface area contributed by atoms with Crippen LogP contribution >= 0.6 is 0 Å². The first-order chi connectivity index (χ1) is 10.1. The van der Waals surface area contributed by atoms with Crippen LogP contribution in [0.5, 0.6) is 5.75 Å². The summed E-state index contributed by atoms with van der Waals surface area (Å²) in [6.45, 7) is 5.47. The smallest absolute Gasteiger partial charge is 0.127 e. The largest absolute Gasteiger partial charge is 0.488 e. The molecule has 21 heavy (non-hydrogen) atoms. The van der Waals surface area contributed by atoms with Crippen LogP contribution in [0.1, 0.15) is 37.4 Å². The summed E-state index contributed by atoms with van der Waals surface area (Å²) >= 11 is 0. The maximum Gasteiger partial charge on any atom is 0.127 e. The lowest BCUT2D eigenvalue weighted by atomic mass is 10.1. The summed E-state index contributed by atoms with van der Waals surface area (Å²) in [6, 6.07) is 4.81. The number of halogens is 1. The molecule has 0 fully saturated rings. The van der Waals surface area contributed by atoms with Gasteiger partial charge in [-0.1, -0.05) is 13.0 Å². The van der Waals surface area contributed by atoms with Gasteiger partial charge in [-0.15, -0.1) is 0 Å². The number of aryl methyl sites for hydroxylation is 1. The van der Waals surface area contributed by atoms with Crippen molar-refractivity contribution in [3.05, 3.63) is 47.5 Å². The first kappa shape index (κ1) is 15.5. The molecule has 5 heteroatoms. The maximum atomic E-state index is 13.5. The highest BCUT2D eigenvalue weighted by Crippen LogP contribution is 2.27. The Bertz CT molecular complexity index is 583. The van der Waals surface area contributed by atoms with E-state index in [0.717, 1.165) is 24.1 Å². The van der Waals surface area contributed by atoms with Crippen molar-refractivity contribution < 1.29 is 9.13 Å².